The van der Waals surface area contributed by atoms with Crippen LogP contribution in [0.15, 0.2) is 6.07 Å². The van der Waals surface area contributed by atoms with Gasteiger partial charge in [-0.1, -0.05) is 26.2 Å². The summed E-state index contributed by atoms with van der Waals surface area (Å²) in [7, 11) is 0. The minimum atomic E-state index is -0.736. The molecule has 24 heavy (non-hydrogen) atoms. The smallest absolute Gasteiger partial charge is 0.349 e. The number of fused-ring (bicyclic) bond motifs is 1. The third-order valence-corrected chi connectivity index (χ3v) is 6.54. The highest BCUT2D eigenvalue weighted by atomic mass is 32.1. The minimum absolute atomic E-state index is 0.178. The van der Waals surface area contributed by atoms with Crippen LogP contribution in [0.5, 0.6) is 0 Å². The van der Waals surface area contributed by atoms with Gasteiger partial charge < -0.3 is 10.1 Å². The first kappa shape index (κ1) is 17.5. The molecular weight excluding hydrogens is 322 g/mol. The summed E-state index contributed by atoms with van der Waals surface area (Å²) in [4.78, 5) is 26.5. The second-order valence-electron chi connectivity index (χ2n) is 7.11. The zero-order valence-corrected chi connectivity index (χ0v) is 15.4. The van der Waals surface area contributed by atoms with Gasteiger partial charge in [-0.3, -0.25) is 4.79 Å². The summed E-state index contributed by atoms with van der Waals surface area (Å²) >= 11 is 1.54. The summed E-state index contributed by atoms with van der Waals surface area (Å²) in [6.07, 6.45) is 8.17. The van der Waals surface area contributed by atoms with E-state index in [1.165, 1.54) is 47.5 Å². The highest BCUT2D eigenvalue weighted by Gasteiger charge is 2.26. The molecule has 1 fully saturated rings. The van der Waals surface area contributed by atoms with E-state index in [9.17, 15) is 9.59 Å². The number of thiophene rings is 1. The molecule has 1 aromatic heterocycles. The Morgan fingerprint density at radius 2 is 2.08 bits per heavy atom. The molecule has 2 aliphatic carbocycles. The molecule has 1 N–H and O–H groups in total. The van der Waals surface area contributed by atoms with Crippen LogP contribution in [-0.4, -0.2) is 24.0 Å². The van der Waals surface area contributed by atoms with Crippen molar-refractivity contribution in [2.75, 3.05) is 0 Å². The normalized spacial score (nSPS) is 22.0. The average Bonchev–Trinajstić information content (AvgIpc) is 3.22. The Bertz CT molecular complexity index is 604. The summed E-state index contributed by atoms with van der Waals surface area (Å²) in [5.41, 5.74) is 1.30. The molecule has 1 aromatic rings. The van der Waals surface area contributed by atoms with Gasteiger partial charge >= 0.3 is 5.97 Å². The molecule has 2 aliphatic rings. The number of hydrogen-bond donors (Lipinski definition) is 1. The van der Waals surface area contributed by atoms with Gasteiger partial charge in [-0.15, -0.1) is 11.3 Å². The summed E-state index contributed by atoms with van der Waals surface area (Å²) in [5, 5.41) is 2.99. The highest BCUT2D eigenvalue weighted by Crippen LogP contribution is 2.33. The summed E-state index contributed by atoms with van der Waals surface area (Å²) in [5.74, 6) is 0.186. The molecule has 5 heteroatoms. The fourth-order valence-electron chi connectivity index (χ4n) is 3.71. The lowest BCUT2D eigenvalue weighted by Crippen LogP contribution is -2.40. The number of aryl methyl sites for hydroxylation is 1. The number of amides is 1. The minimum Gasteiger partial charge on any atom is -0.448 e. The van der Waals surface area contributed by atoms with E-state index in [-0.39, 0.29) is 17.9 Å². The molecular formula is C19H27NO3S. The average molecular weight is 349 g/mol. The molecule has 0 saturated heterocycles. The molecule has 2 atom stereocenters. The van der Waals surface area contributed by atoms with Gasteiger partial charge in [-0.05, 0) is 56.6 Å². The second-order valence-corrected chi connectivity index (χ2v) is 8.25. The molecule has 0 radical (unpaired) electrons. The van der Waals surface area contributed by atoms with Gasteiger partial charge in [0.15, 0.2) is 6.10 Å². The molecule has 1 saturated carbocycles. The van der Waals surface area contributed by atoms with Crippen molar-refractivity contribution >= 4 is 23.2 Å². The van der Waals surface area contributed by atoms with Gasteiger partial charge in [0.2, 0.25) is 0 Å². The largest absolute Gasteiger partial charge is 0.448 e. The van der Waals surface area contributed by atoms with E-state index in [2.05, 4.69) is 12.2 Å². The number of hydrogen-bond acceptors (Lipinski definition) is 4. The van der Waals surface area contributed by atoms with Crippen molar-refractivity contribution in [2.45, 2.75) is 77.4 Å². The van der Waals surface area contributed by atoms with Crippen LogP contribution in [0.25, 0.3) is 0 Å². The number of carbonyl (C=O) groups excluding carboxylic acids is 2. The number of nitrogens with one attached hydrogen (secondary N) is 1. The molecule has 0 bridgehead atoms. The predicted octanol–water partition coefficient (Wildman–Crippen LogP) is 3.87. The fourth-order valence-corrected chi connectivity index (χ4v) is 4.80. The standard InChI is InChI=1S/C19H27NO3S/c1-3-13-8-9-16-14(10-13)11-17(24-16)19(22)23-12(2)18(21)20-15-6-4-5-7-15/h11-13,15H,3-10H2,1-2H3,(H,20,21). The predicted molar refractivity (Wildman–Crippen MR) is 95.4 cm³/mol. The Morgan fingerprint density at radius 3 is 2.79 bits per heavy atom. The summed E-state index contributed by atoms with van der Waals surface area (Å²) < 4.78 is 5.40. The van der Waals surface area contributed by atoms with Crippen molar-refractivity contribution in [3.8, 4) is 0 Å². The number of ether oxygens (including phenoxy) is 1. The monoisotopic (exact) mass is 349 g/mol. The Morgan fingerprint density at radius 1 is 1.33 bits per heavy atom. The Balaban J connectivity index is 1.56. The lowest BCUT2D eigenvalue weighted by atomic mass is 9.87. The molecule has 132 valence electrons. The van der Waals surface area contributed by atoms with Crippen molar-refractivity contribution < 1.29 is 14.3 Å². The van der Waals surface area contributed by atoms with Crippen molar-refractivity contribution in [3.05, 3.63) is 21.4 Å². The Kier molecular flexibility index (Phi) is 5.59. The van der Waals surface area contributed by atoms with Crippen LogP contribution in [0.1, 0.15) is 72.5 Å². The van der Waals surface area contributed by atoms with Gasteiger partial charge in [0.25, 0.3) is 5.91 Å². The number of esters is 1. The first-order valence-electron chi connectivity index (χ1n) is 9.19. The van der Waals surface area contributed by atoms with E-state index in [4.69, 9.17) is 4.74 Å². The van der Waals surface area contributed by atoms with Crippen LogP contribution in [0.4, 0.5) is 0 Å². The van der Waals surface area contributed by atoms with Crippen molar-refractivity contribution in [1.82, 2.24) is 5.32 Å². The highest BCUT2D eigenvalue weighted by molar-refractivity contribution is 7.14. The maximum atomic E-state index is 12.4. The Hall–Kier alpha value is -1.36. The van der Waals surface area contributed by atoms with Gasteiger partial charge in [0, 0.05) is 10.9 Å². The lowest BCUT2D eigenvalue weighted by molar-refractivity contribution is -0.129. The van der Waals surface area contributed by atoms with E-state index in [0.717, 1.165) is 31.6 Å². The van der Waals surface area contributed by atoms with Crippen molar-refractivity contribution in [1.29, 1.82) is 0 Å². The maximum absolute atomic E-state index is 12.4. The van der Waals surface area contributed by atoms with Gasteiger partial charge in [-0.25, -0.2) is 4.79 Å². The number of rotatable bonds is 5. The van der Waals surface area contributed by atoms with E-state index < -0.39 is 6.10 Å². The Labute approximate surface area is 148 Å². The van der Waals surface area contributed by atoms with Crippen LogP contribution >= 0.6 is 11.3 Å². The summed E-state index contributed by atoms with van der Waals surface area (Å²) in [6, 6.07) is 2.23. The molecule has 0 aromatic carbocycles. The van der Waals surface area contributed by atoms with Crippen LogP contribution in [0, 0.1) is 5.92 Å². The van der Waals surface area contributed by atoms with Gasteiger partial charge in [-0.2, -0.15) is 0 Å². The molecule has 2 unspecified atom stereocenters. The van der Waals surface area contributed by atoms with Crippen molar-refractivity contribution in [2.24, 2.45) is 5.92 Å². The molecule has 0 aliphatic heterocycles. The molecule has 1 heterocycles. The lowest BCUT2D eigenvalue weighted by Gasteiger charge is -2.19. The molecule has 0 spiro atoms. The fraction of sp³-hybridized carbons (Fsp3) is 0.684. The molecule has 1 amide bonds. The summed E-state index contributed by atoms with van der Waals surface area (Å²) in [6.45, 7) is 3.88. The van der Waals surface area contributed by atoms with E-state index in [1.54, 1.807) is 6.92 Å². The van der Waals surface area contributed by atoms with E-state index in [1.807, 2.05) is 6.07 Å². The first-order valence-corrected chi connectivity index (χ1v) is 10.0. The van der Waals surface area contributed by atoms with Crippen molar-refractivity contribution in [3.63, 3.8) is 0 Å². The third kappa shape index (κ3) is 4.00. The third-order valence-electron chi connectivity index (χ3n) is 5.32. The SMILES string of the molecule is CCC1CCc2sc(C(=O)OC(C)C(=O)NC3CCCC3)cc2C1. The zero-order valence-electron chi connectivity index (χ0n) is 14.6. The van der Waals surface area contributed by atoms with Crippen LogP contribution < -0.4 is 5.32 Å². The maximum Gasteiger partial charge on any atom is 0.349 e. The van der Waals surface area contributed by atoms with Gasteiger partial charge in [0.1, 0.15) is 4.88 Å². The van der Waals surface area contributed by atoms with E-state index >= 15 is 0 Å². The van der Waals surface area contributed by atoms with Gasteiger partial charge in [0.05, 0.1) is 0 Å². The zero-order chi connectivity index (χ0) is 17.1. The quantitative estimate of drug-likeness (QED) is 0.821. The number of carbonyl (C=O) groups is 2. The molecule has 4 nitrogen and oxygen atoms in total. The second kappa shape index (κ2) is 7.68. The topological polar surface area (TPSA) is 55.4 Å². The van der Waals surface area contributed by atoms with Crippen LogP contribution in [0.3, 0.4) is 0 Å². The molecule has 3 rings (SSSR count). The first-order chi connectivity index (χ1) is 11.6. The van der Waals surface area contributed by atoms with Crippen LogP contribution in [-0.2, 0) is 22.4 Å². The van der Waals surface area contributed by atoms with E-state index in [0.29, 0.717) is 4.88 Å². The van der Waals surface area contributed by atoms with Crippen LogP contribution in [0.2, 0.25) is 0 Å².